The second-order valence-electron chi connectivity index (χ2n) is 9.93. The highest BCUT2D eigenvalue weighted by molar-refractivity contribution is 6.35. The molecule has 0 aromatic heterocycles. The summed E-state index contributed by atoms with van der Waals surface area (Å²) in [4.78, 5) is 3.95. The Morgan fingerprint density at radius 2 is 1.05 bits per heavy atom. The molecule has 0 spiro atoms. The topological polar surface area (TPSA) is 87.4 Å². The number of anilines is 4. The van der Waals surface area contributed by atoms with Gasteiger partial charge in [-0.25, -0.2) is 0 Å². The van der Waals surface area contributed by atoms with Crippen LogP contribution in [0, 0.1) is 0 Å². The molecule has 5 rings (SSSR count). The summed E-state index contributed by atoms with van der Waals surface area (Å²) in [7, 11) is 0. The molecule has 0 bridgehead atoms. The lowest BCUT2D eigenvalue weighted by Crippen LogP contribution is -2.51. The number of aromatic hydroxyl groups is 2. The minimum Gasteiger partial charge on any atom is -0.508 e. The first kappa shape index (κ1) is 28.1. The summed E-state index contributed by atoms with van der Waals surface area (Å²) >= 11 is 13.1. The zero-order valence-corrected chi connectivity index (χ0v) is 23.8. The van der Waals surface area contributed by atoms with Gasteiger partial charge in [0.15, 0.2) is 0 Å². The molecule has 2 atom stereocenters. The average Bonchev–Trinajstić information content (AvgIpc) is 2.94. The van der Waals surface area contributed by atoms with E-state index in [1.54, 1.807) is 42.5 Å². The molecule has 0 heterocycles. The van der Waals surface area contributed by atoms with E-state index in [1.165, 1.54) is 0 Å². The van der Waals surface area contributed by atoms with Gasteiger partial charge in [-0.15, -0.1) is 0 Å². The predicted octanol–water partition coefficient (Wildman–Crippen LogP) is 7.32. The van der Waals surface area contributed by atoms with Gasteiger partial charge in [-0.1, -0.05) is 59.6 Å². The molecular formula is C32H32Cl2N2O4. The summed E-state index contributed by atoms with van der Waals surface area (Å²) in [6.07, 6.45) is -2.00. The summed E-state index contributed by atoms with van der Waals surface area (Å²) in [5, 5.41) is 45.2. The smallest absolute Gasteiger partial charge is 0.121 e. The van der Waals surface area contributed by atoms with E-state index in [4.69, 9.17) is 23.2 Å². The van der Waals surface area contributed by atoms with Gasteiger partial charge in [0.05, 0.1) is 33.6 Å². The zero-order valence-electron chi connectivity index (χ0n) is 22.2. The van der Waals surface area contributed by atoms with E-state index < -0.39 is 24.0 Å². The second-order valence-corrected chi connectivity index (χ2v) is 10.7. The van der Waals surface area contributed by atoms with Gasteiger partial charge < -0.3 is 30.2 Å². The van der Waals surface area contributed by atoms with Crippen molar-refractivity contribution in [2.75, 3.05) is 22.9 Å². The van der Waals surface area contributed by atoms with Crippen LogP contribution in [0.2, 0.25) is 10.0 Å². The molecule has 4 aromatic rings. The highest BCUT2D eigenvalue weighted by Gasteiger charge is 2.52. The average molecular weight is 580 g/mol. The van der Waals surface area contributed by atoms with Gasteiger partial charge in [-0.2, -0.15) is 0 Å². The Morgan fingerprint density at radius 3 is 1.48 bits per heavy atom. The van der Waals surface area contributed by atoms with E-state index in [-0.39, 0.29) is 11.5 Å². The summed E-state index contributed by atoms with van der Waals surface area (Å²) in [5.41, 5.74) is 3.73. The van der Waals surface area contributed by atoms with Gasteiger partial charge in [0.1, 0.15) is 11.5 Å². The first-order valence-corrected chi connectivity index (χ1v) is 14.1. The standard InChI is InChI=1S/C32H32Cl2N2O4/c1-3-35(4-2)19-13-15-21(27(37)17-19)29-31(39)30(32(29)40)22-16-14-20(18-28(22)38)36(25-11-7-5-9-23(25)33)26-12-8-6-10-24(26)34/h5-18,29-32,37-40H,3-4H2,1-2H3. The number of phenolic OH excluding ortho intramolecular Hbond substituents is 2. The molecule has 208 valence electrons. The Morgan fingerprint density at radius 1 is 0.625 bits per heavy atom. The van der Waals surface area contributed by atoms with Gasteiger partial charge in [0, 0.05) is 59.6 Å². The van der Waals surface area contributed by atoms with E-state index >= 15 is 0 Å². The molecule has 1 aliphatic rings. The van der Waals surface area contributed by atoms with Gasteiger partial charge in [-0.3, -0.25) is 0 Å². The van der Waals surface area contributed by atoms with Crippen LogP contribution >= 0.6 is 23.2 Å². The Kier molecular flexibility index (Phi) is 8.15. The normalized spacial score (nSPS) is 20.1. The molecule has 8 heteroatoms. The first-order valence-electron chi connectivity index (χ1n) is 13.3. The minimum atomic E-state index is -1.000. The fraction of sp³-hybridized carbons (Fsp3) is 0.250. The number of phenols is 2. The van der Waals surface area contributed by atoms with E-state index in [1.807, 2.05) is 61.2 Å². The van der Waals surface area contributed by atoms with Crippen LogP contribution in [0.4, 0.5) is 22.7 Å². The number of rotatable bonds is 8. The van der Waals surface area contributed by atoms with Crippen molar-refractivity contribution in [3.8, 4) is 11.5 Å². The summed E-state index contributed by atoms with van der Waals surface area (Å²) in [6, 6.07) is 25.1. The molecule has 0 aliphatic heterocycles. The highest BCUT2D eigenvalue weighted by Crippen LogP contribution is 2.53. The molecule has 4 N–H and O–H groups in total. The maximum absolute atomic E-state index is 11.1. The molecule has 1 aliphatic carbocycles. The van der Waals surface area contributed by atoms with E-state index in [9.17, 15) is 20.4 Å². The van der Waals surface area contributed by atoms with Gasteiger partial charge >= 0.3 is 0 Å². The van der Waals surface area contributed by atoms with Crippen LogP contribution in [0.3, 0.4) is 0 Å². The molecule has 1 saturated carbocycles. The van der Waals surface area contributed by atoms with Crippen LogP contribution in [0.15, 0.2) is 84.9 Å². The number of hydrogen-bond acceptors (Lipinski definition) is 6. The van der Waals surface area contributed by atoms with Gasteiger partial charge in [0.2, 0.25) is 0 Å². The molecule has 0 saturated heterocycles. The van der Waals surface area contributed by atoms with Crippen molar-refractivity contribution in [3.05, 3.63) is 106 Å². The van der Waals surface area contributed by atoms with Crippen LogP contribution in [0.5, 0.6) is 11.5 Å². The minimum absolute atomic E-state index is 0.0284. The molecular weight excluding hydrogens is 547 g/mol. The van der Waals surface area contributed by atoms with Crippen LogP contribution in [0.1, 0.15) is 36.8 Å². The maximum atomic E-state index is 11.1. The molecule has 2 unspecified atom stereocenters. The number of aliphatic hydroxyl groups is 2. The lowest BCUT2D eigenvalue weighted by atomic mass is 9.63. The quantitative estimate of drug-likeness (QED) is 0.175. The van der Waals surface area contributed by atoms with Crippen molar-refractivity contribution in [3.63, 3.8) is 0 Å². The van der Waals surface area contributed by atoms with Crippen molar-refractivity contribution < 1.29 is 20.4 Å². The Bertz CT molecular complexity index is 1450. The second kappa shape index (κ2) is 11.6. The SMILES string of the molecule is CCN(CC)c1ccc(C2C(O)C(c3ccc(N(c4ccccc4Cl)c4ccccc4Cl)cc3O)C2O)c(O)c1. The fourth-order valence-corrected chi connectivity index (χ4v) is 6.11. The third-order valence-electron chi connectivity index (χ3n) is 7.79. The lowest BCUT2D eigenvalue weighted by Gasteiger charge is -2.47. The third kappa shape index (κ3) is 4.97. The van der Waals surface area contributed by atoms with Crippen LogP contribution in [0.25, 0.3) is 0 Å². The van der Waals surface area contributed by atoms with E-state index in [2.05, 4.69) is 4.90 Å². The largest absolute Gasteiger partial charge is 0.508 e. The lowest BCUT2D eigenvalue weighted by molar-refractivity contribution is -0.0797. The van der Waals surface area contributed by atoms with Crippen molar-refractivity contribution in [2.45, 2.75) is 37.9 Å². The number of hydrogen-bond donors (Lipinski definition) is 4. The molecule has 0 amide bonds. The summed E-state index contributed by atoms with van der Waals surface area (Å²) in [6.45, 7) is 5.67. The van der Waals surface area contributed by atoms with Crippen molar-refractivity contribution in [2.24, 2.45) is 0 Å². The van der Waals surface area contributed by atoms with Gasteiger partial charge in [-0.05, 0) is 50.2 Å². The fourth-order valence-electron chi connectivity index (χ4n) is 5.67. The first-order chi connectivity index (χ1) is 19.3. The number of halogens is 2. The molecule has 6 nitrogen and oxygen atoms in total. The Balaban J connectivity index is 1.46. The molecule has 40 heavy (non-hydrogen) atoms. The van der Waals surface area contributed by atoms with Crippen LogP contribution < -0.4 is 9.80 Å². The number of para-hydroxylation sites is 2. The molecule has 0 radical (unpaired) electrons. The number of benzene rings is 4. The molecule has 4 aromatic carbocycles. The predicted molar refractivity (Wildman–Crippen MR) is 162 cm³/mol. The summed E-state index contributed by atoms with van der Waals surface area (Å²) in [5.74, 6) is -1.46. The highest BCUT2D eigenvalue weighted by atomic mass is 35.5. The zero-order chi connectivity index (χ0) is 28.6. The Hall–Kier alpha value is -3.42. The van der Waals surface area contributed by atoms with Crippen LogP contribution in [-0.4, -0.2) is 45.7 Å². The Labute approximate surface area is 244 Å². The number of aliphatic hydroxyl groups excluding tert-OH is 2. The monoisotopic (exact) mass is 578 g/mol. The van der Waals surface area contributed by atoms with E-state index in [0.717, 1.165) is 18.8 Å². The summed E-state index contributed by atoms with van der Waals surface area (Å²) < 4.78 is 0. The third-order valence-corrected chi connectivity index (χ3v) is 8.43. The van der Waals surface area contributed by atoms with Gasteiger partial charge in [0.25, 0.3) is 0 Å². The van der Waals surface area contributed by atoms with Crippen molar-refractivity contribution in [1.29, 1.82) is 0 Å². The maximum Gasteiger partial charge on any atom is 0.121 e. The number of nitrogens with zero attached hydrogens (tertiary/aromatic N) is 2. The molecule has 1 fully saturated rings. The van der Waals surface area contributed by atoms with Crippen molar-refractivity contribution in [1.82, 2.24) is 0 Å². The van der Waals surface area contributed by atoms with E-state index in [0.29, 0.717) is 38.2 Å². The van der Waals surface area contributed by atoms with Crippen molar-refractivity contribution >= 4 is 46.0 Å². The van der Waals surface area contributed by atoms with Crippen LogP contribution in [-0.2, 0) is 0 Å².